The van der Waals surface area contributed by atoms with Gasteiger partial charge in [-0.1, -0.05) is 6.07 Å². The summed E-state index contributed by atoms with van der Waals surface area (Å²) < 4.78 is 5.62. The van der Waals surface area contributed by atoms with Crippen molar-refractivity contribution >= 4 is 29.2 Å². The highest BCUT2D eigenvalue weighted by Gasteiger charge is 2.27. The van der Waals surface area contributed by atoms with Gasteiger partial charge in [0.1, 0.15) is 11.5 Å². The lowest BCUT2D eigenvalue weighted by Gasteiger charge is -2.31. The van der Waals surface area contributed by atoms with Gasteiger partial charge in [0.25, 0.3) is 5.91 Å². The summed E-state index contributed by atoms with van der Waals surface area (Å²) in [6.07, 6.45) is 5.70. The average Bonchev–Trinajstić information content (AvgIpc) is 3.46. The third-order valence-electron chi connectivity index (χ3n) is 6.31. The van der Waals surface area contributed by atoms with E-state index in [0.717, 1.165) is 42.0 Å². The number of pyridine rings is 1. The lowest BCUT2D eigenvalue weighted by atomic mass is 9.89. The van der Waals surface area contributed by atoms with Gasteiger partial charge in [-0.15, -0.1) is 11.3 Å². The number of carbonyl (C=O) groups is 2. The molecule has 34 heavy (non-hydrogen) atoms. The zero-order valence-corrected chi connectivity index (χ0v) is 20.8. The summed E-state index contributed by atoms with van der Waals surface area (Å²) >= 11 is 1.70. The molecular weight excluding hydrogens is 446 g/mol. The second kappa shape index (κ2) is 10.8. The van der Waals surface area contributed by atoms with Gasteiger partial charge in [-0.3, -0.25) is 14.6 Å². The van der Waals surface area contributed by atoms with Crippen molar-refractivity contribution < 1.29 is 14.0 Å². The third kappa shape index (κ3) is 5.83. The summed E-state index contributed by atoms with van der Waals surface area (Å²) in [4.78, 5) is 33.5. The van der Waals surface area contributed by atoms with Crippen molar-refractivity contribution in [3.8, 4) is 0 Å². The molecule has 1 saturated heterocycles. The SMILES string of the molecule is Cc1ccc(C(=O)NCCc2cccs2)c(C2CCN(C(=O)C=Cc3cc(C)c(C)o3)CC2)n1. The number of hydrogen-bond donors (Lipinski definition) is 1. The Balaban J connectivity index is 1.36. The number of likely N-dealkylation sites (tertiary alicyclic amines) is 1. The van der Waals surface area contributed by atoms with Crippen LogP contribution in [0.3, 0.4) is 0 Å². The van der Waals surface area contributed by atoms with Gasteiger partial charge in [-0.05, 0) is 81.3 Å². The molecule has 7 heteroatoms. The summed E-state index contributed by atoms with van der Waals surface area (Å²) in [5.74, 6) is 1.61. The quantitative estimate of drug-likeness (QED) is 0.483. The van der Waals surface area contributed by atoms with Crippen molar-refractivity contribution in [2.45, 2.75) is 46.0 Å². The molecule has 0 radical (unpaired) electrons. The molecule has 0 bridgehead atoms. The first-order valence-corrected chi connectivity index (χ1v) is 12.6. The van der Waals surface area contributed by atoms with Crippen LogP contribution in [-0.4, -0.2) is 41.3 Å². The summed E-state index contributed by atoms with van der Waals surface area (Å²) in [6, 6.07) is 9.80. The number of amides is 2. The highest BCUT2D eigenvalue weighted by atomic mass is 32.1. The molecule has 1 aliphatic rings. The van der Waals surface area contributed by atoms with Gasteiger partial charge in [0.05, 0.1) is 11.3 Å². The maximum Gasteiger partial charge on any atom is 0.253 e. The van der Waals surface area contributed by atoms with Crippen molar-refractivity contribution in [1.82, 2.24) is 15.2 Å². The monoisotopic (exact) mass is 477 g/mol. The zero-order chi connectivity index (χ0) is 24.1. The molecule has 0 aliphatic carbocycles. The Morgan fingerprint density at radius 3 is 2.68 bits per heavy atom. The number of furan rings is 1. The predicted octanol–water partition coefficient (Wildman–Crippen LogP) is 5.05. The minimum Gasteiger partial charge on any atom is -0.462 e. The summed E-state index contributed by atoms with van der Waals surface area (Å²) in [6.45, 7) is 7.72. The highest BCUT2D eigenvalue weighted by Crippen LogP contribution is 2.30. The lowest BCUT2D eigenvalue weighted by molar-refractivity contribution is -0.127. The third-order valence-corrected chi connectivity index (χ3v) is 7.25. The second-order valence-electron chi connectivity index (χ2n) is 8.79. The van der Waals surface area contributed by atoms with Crippen molar-refractivity contribution in [2.75, 3.05) is 19.6 Å². The molecule has 2 amide bonds. The number of piperidine rings is 1. The number of nitrogens with zero attached hydrogens (tertiary/aromatic N) is 2. The molecule has 0 saturated carbocycles. The first-order chi connectivity index (χ1) is 16.4. The van der Waals surface area contributed by atoms with Crippen molar-refractivity contribution in [2.24, 2.45) is 0 Å². The van der Waals surface area contributed by atoms with Crippen LogP contribution in [-0.2, 0) is 11.2 Å². The van der Waals surface area contributed by atoms with Crippen LogP contribution in [0.2, 0.25) is 0 Å². The molecule has 4 heterocycles. The molecule has 178 valence electrons. The van der Waals surface area contributed by atoms with E-state index in [2.05, 4.69) is 11.4 Å². The molecule has 4 rings (SSSR count). The van der Waals surface area contributed by atoms with Crippen LogP contribution in [0.15, 0.2) is 46.2 Å². The van der Waals surface area contributed by atoms with Crippen LogP contribution >= 0.6 is 11.3 Å². The van der Waals surface area contributed by atoms with Gasteiger partial charge < -0.3 is 14.6 Å². The van der Waals surface area contributed by atoms with E-state index >= 15 is 0 Å². The Morgan fingerprint density at radius 2 is 2.00 bits per heavy atom. The standard InChI is InChI=1S/C27H31N3O3S/c1-18-17-22(33-20(18)3)7-9-25(31)30-14-11-21(12-15-30)26-24(8-6-19(2)29-26)27(32)28-13-10-23-5-4-16-34-23/h4-9,16-17,21H,10-15H2,1-3H3,(H,28,32). The van der Waals surface area contributed by atoms with Gasteiger partial charge in [0.2, 0.25) is 5.91 Å². The molecule has 1 aliphatic heterocycles. The fraction of sp³-hybridized carbons (Fsp3) is 0.370. The average molecular weight is 478 g/mol. The molecule has 6 nitrogen and oxygen atoms in total. The van der Waals surface area contributed by atoms with Crippen LogP contribution in [0.1, 0.15) is 62.5 Å². The van der Waals surface area contributed by atoms with Gasteiger partial charge in [-0.25, -0.2) is 0 Å². The van der Waals surface area contributed by atoms with Gasteiger partial charge >= 0.3 is 0 Å². The predicted molar refractivity (Wildman–Crippen MR) is 135 cm³/mol. The Morgan fingerprint density at radius 1 is 1.21 bits per heavy atom. The van der Waals surface area contributed by atoms with Crippen LogP contribution in [0, 0.1) is 20.8 Å². The maximum atomic E-state index is 12.9. The zero-order valence-electron chi connectivity index (χ0n) is 20.0. The van der Waals surface area contributed by atoms with Crippen molar-refractivity contribution in [1.29, 1.82) is 0 Å². The molecule has 3 aromatic rings. The van der Waals surface area contributed by atoms with Crippen LogP contribution < -0.4 is 5.32 Å². The number of carbonyl (C=O) groups excluding carboxylic acids is 2. The Kier molecular flexibility index (Phi) is 7.63. The van der Waals surface area contributed by atoms with E-state index in [1.54, 1.807) is 23.5 Å². The Bertz CT molecular complexity index is 1150. The highest BCUT2D eigenvalue weighted by molar-refractivity contribution is 7.09. The minimum absolute atomic E-state index is 0.0195. The molecule has 0 unspecified atom stereocenters. The molecule has 3 aromatic heterocycles. The molecule has 0 atom stereocenters. The van der Waals surface area contributed by atoms with Gasteiger partial charge in [-0.2, -0.15) is 0 Å². The van der Waals surface area contributed by atoms with Crippen LogP contribution in [0.5, 0.6) is 0 Å². The number of thiophene rings is 1. The van der Waals surface area contributed by atoms with Gasteiger partial charge in [0.15, 0.2) is 0 Å². The van der Waals surface area contributed by atoms with Crippen LogP contribution in [0.4, 0.5) is 0 Å². The van der Waals surface area contributed by atoms with E-state index in [1.165, 1.54) is 4.88 Å². The Labute approximate surface area is 204 Å². The first kappa shape index (κ1) is 24.0. The van der Waals surface area contributed by atoms with Crippen molar-refractivity contribution in [3.05, 3.63) is 80.7 Å². The number of nitrogens with one attached hydrogen (secondary N) is 1. The molecule has 0 spiro atoms. The molecule has 1 N–H and O–H groups in total. The summed E-state index contributed by atoms with van der Waals surface area (Å²) in [5, 5.41) is 5.09. The minimum atomic E-state index is -0.0791. The molecular formula is C27H31N3O3S. The number of aromatic nitrogens is 1. The van der Waals surface area contributed by atoms with E-state index in [9.17, 15) is 9.59 Å². The van der Waals surface area contributed by atoms with Crippen LogP contribution in [0.25, 0.3) is 6.08 Å². The maximum absolute atomic E-state index is 12.9. The fourth-order valence-electron chi connectivity index (χ4n) is 4.25. The normalized spacial score (nSPS) is 14.6. The summed E-state index contributed by atoms with van der Waals surface area (Å²) in [7, 11) is 0. The second-order valence-corrected chi connectivity index (χ2v) is 9.82. The van der Waals surface area contributed by atoms with E-state index in [4.69, 9.17) is 9.40 Å². The van der Waals surface area contributed by atoms with E-state index in [1.807, 2.05) is 55.3 Å². The van der Waals surface area contributed by atoms with E-state index in [0.29, 0.717) is 31.0 Å². The Hall–Kier alpha value is -3.19. The van der Waals surface area contributed by atoms with Gasteiger partial charge in [0, 0.05) is 42.2 Å². The van der Waals surface area contributed by atoms with E-state index < -0.39 is 0 Å². The van der Waals surface area contributed by atoms with Crippen molar-refractivity contribution in [3.63, 3.8) is 0 Å². The van der Waals surface area contributed by atoms with E-state index in [-0.39, 0.29) is 17.7 Å². The number of aryl methyl sites for hydroxylation is 3. The fourth-order valence-corrected chi connectivity index (χ4v) is 4.95. The number of rotatable bonds is 7. The topological polar surface area (TPSA) is 75.4 Å². The smallest absolute Gasteiger partial charge is 0.253 e. The molecule has 1 fully saturated rings. The number of hydrogen-bond acceptors (Lipinski definition) is 5. The summed E-state index contributed by atoms with van der Waals surface area (Å²) in [5.41, 5.74) is 3.46. The molecule has 0 aromatic carbocycles. The largest absolute Gasteiger partial charge is 0.462 e. The first-order valence-electron chi connectivity index (χ1n) is 11.7. The lowest BCUT2D eigenvalue weighted by Crippen LogP contribution is -2.37.